The predicted octanol–water partition coefficient (Wildman–Crippen LogP) is 6.67. The topological polar surface area (TPSA) is 55.8 Å². The first-order chi connectivity index (χ1) is 16.3. The Balaban J connectivity index is 1.38. The lowest BCUT2D eigenvalue weighted by Gasteiger charge is -2.15. The van der Waals surface area contributed by atoms with Gasteiger partial charge < -0.3 is 14.6 Å². The first-order valence-electron chi connectivity index (χ1n) is 10.8. The van der Waals surface area contributed by atoms with Gasteiger partial charge in [0, 0.05) is 16.6 Å². The zero-order chi connectivity index (χ0) is 24.1. The molecule has 4 nitrogen and oxygen atoms in total. The van der Waals surface area contributed by atoms with Crippen LogP contribution in [-0.2, 0) is 29.8 Å². The van der Waals surface area contributed by atoms with Gasteiger partial charge in [0.15, 0.2) is 6.61 Å². The van der Waals surface area contributed by atoms with E-state index in [1.807, 2.05) is 30.3 Å². The first kappa shape index (κ1) is 24.0. The maximum absolute atomic E-state index is 12.8. The maximum Gasteiger partial charge on any atom is 0.416 e. The number of aliphatic carboxylic acids is 1. The van der Waals surface area contributed by atoms with Crippen LogP contribution in [0.15, 0.2) is 66.7 Å². The molecular weight excluding hydrogens is 465 g/mol. The molecule has 4 rings (SSSR count). The SMILES string of the molecule is O=C(O)COc1cccc2c1CCC2SCc1ccccc1OCc1ccc(C(F)(F)F)cc1. The largest absolute Gasteiger partial charge is 0.489 e. The minimum atomic E-state index is -4.36. The Morgan fingerprint density at radius 1 is 0.971 bits per heavy atom. The van der Waals surface area contributed by atoms with Gasteiger partial charge >= 0.3 is 12.1 Å². The van der Waals surface area contributed by atoms with Crippen LogP contribution < -0.4 is 9.47 Å². The quantitative estimate of drug-likeness (QED) is 0.365. The molecule has 0 spiro atoms. The number of carboxylic acids is 1. The van der Waals surface area contributed by atoms with E-state index in [-0.39, 0.29) is 18.5 Å². The second-order valence-electron chi connectivity index (χ2n) is 7.94. The van der Waals surface area contributed by atoms with Crippen molar-refractivity contribution < 1.29 is 32.5 Å². The molecule has 0 fully saturated rings. The molecule has 0 saturated carbocycles. The normalized spacial score (nSPS) is 15.1. The number of ether oxygens (including phenoxy) is 2. The molecular formula is C26H23F3O4S. The number of thioether (sulfide) groups is 1. The summed E-state index contributed by atoms with van der Waals surface area (Å²) >= 11 is 1.78. The highest BCUT2D eigenvalue weighted by Crippen LogP contribution is 2.46. The van der Waals surface area contributed by atoms with Gasteiger partial charge in [0.2, 0.25) is 0 Å². The molecule has 34 heavy (non-hydrogen) atoms. The van der Waals surface area contributed by atoms with Crippen molar-refractivity contribution in [2.75, 3.05) is 6.61 Å². The smallest absolute Gasteiger partial charge is 0.416 e. The van der Waals surface area contributed by atoms with E-state index in [9.17, 15) is 18.0 Å². The predicted molar refractivity (Wildman–Crippen MR) is 124 cm³/mol. The van der Waals surface area contributed by atoms with Crippen molar-refractivity contribution in [2.45, 2.75) is 36.6 Å². The summed E-state index contributed by atoms with van der Waals surface area (Å²) in [5.74, 6) is 1.03. The van der Waals surface area contributed by atoms with E-state index in [1.54, 1.807) is 17.8 Å². The molecule has 1 unspecified atom stereocenters. The highest BCUT2D eigenvalue weighted by molar-refractivity contribution is 7.98. The average Bonchev–Trinajstić information content (AvgIpc) is 3.24. The zero-order valence-corrected chi connectivity index (χ0v) is 19.0. The number of alkyl halides is 3. The van der Waals surface area contributed by atoms with Crippen LogP contribution in [0.5, 0.6) is 11.5 Å². The Labute approximate surface area is 199 Å². The molecule has 0 aliphatic heterocycles. The summed E-state index contributed by atoms with van der Waals surface area (Å²) in [6.07, 6.45) is -2.60. The van der Waals surface area contributed by atoms with Crippen LogP contribution in [0.3, 0.4) is 0 Å². The molecule has 178 valence electrons. The number of carbonyl (C=O) groups is 1. The molecule has 0 aromatic heterocycles. The van der Waals surface area contributed by atoms with E-state index in [4.69, 9.17) is 14.6 Å². The fraction of sp³-hybridized carbons (Fsp3) is 0.269. The summed E-state index contributed by atoms with van der Waals surface area (Å²) in [5, 5.41) is 9.14. The van der Waals surface area contributed by atoms with Crippen LogP contribution in [0.4, 0.5) is 13.2 Å². The molecule has 1 N–H and O–H groups in total. The van der Waals surface area contributed by atoms with Gasteiger partial charge in [0.05, 0.1) is 5.56 Å². The van der Waals surface area contributed by atoms with Crippen molar-refractivity contribution in [2.24, 2.45) is 0 Å². The van der Waals surface area contributed by atoms with Crippen molar-refractivity contribution in [3.63, 3.8) is 0 Å². The Hall–Kier alpha value is -3.13. The van der Waals surface area contributed by atoms with Gasteiger partial charge in [0.1, 0.15) is 18.1 Å². The molecule has 8 heteroatoms. The van der Waals surface area contributed by atoms with E-state index < -0.39 is 17.7 Å². The maximum atomic E-state index is 12.8. The molecule has 0 bridgehead atoms. The zero-order valence-electron chi connectivity index (χ0n) is 18.2. The van der Waals surface area contributed by atoms with Gasteiger partial charge in [-0.2, -0.15) is 13.2 Å². The summed E-state index contributed by atoms with van der Waals surface area (Å²) in [6.45, 7) is -0.186. The average molecular weight is 489 g/mol. The summed E-state index contributed by atoms with van der Waals surface area (Å²) in [7, 11) is 0. The number of halogens is 3. The van der Waals surface area contributed by atoms with Gasteiger partial charge in [-0.1, -0.05) is 42.5 Å². The van der Waals surface area contributed by atoms with Gasteiger partial charge in [-0.05, 0) is 53.8 Å². The molecule has 3 aromatic rings. The Kier molecular flexibility index (Phi) is 7.36. The van der Waals surface area contributed by atoms with Crippen LogP contribution in [0.25, 0.3) is 0 Å². The standard InChI is InChI=1S/C26H23F3O4S/c27-26(28,29)19-10-8-17(9-11-19)14-32-22-6-2-1-4-18(22)16-34-24-13-12-20-21(24)5-3-7-23(20)33-15-25(30)31/h1-11,24H,12-16H2,(H,30,31). The second-order valence-corrected chi connectivity index (χ2v) is 9.13. The number of para-hydroxylation sites is 1. The molecule has 3 aromatic carbocycles. The third-order valence-electron chi connectivity index (χ3n) is 5.61. The molecule has 1 aliphatic rings. The minimum Gasteiger partial charge on any atom is -0.489 e. The minimum absolute atomic E-state index is 0.177. The lowest BCUT2D eigenvalue weighted by molar-refractivity contribution is -0.139. The van der Waals surface area contributed by atoms with Crippen LogP contribution in [0, 0.1) is 0 Å². The van der Waals surface area contributed by atoms with Crippen molar-refractivity contribution >= 4 is 17.7 Å². The van der Waals surface area contributed by atoms with Crippen molar-refractivity contribution in [1.82, 2.24) is 0 Å². The number of fused-ring (bicyclic) bond motifs is 1. The third kappa shape index (κ3) is 5.86. The highest BCUT2D eigenvalue weighted by Gasteiger charge is 2.30. The molecule has 0 radical (unpaired) electrons. The molecule has 0 amide bonds. The number of hydrogen-bond donors (Lipinski definition) is 1. The number of carboxylic acid groups (broad SMARTS) is 1. The fourth-order valence-electron chi connectivity index (χ4n) is 3.94. The lowest BCUT2D eigenvalue weighted by atomic mass is 10.1. The second kappa shape index (κ2) is 10.4. The number of benzene rings is 3. The van der Waals surface area contributed by atoms with E-state index in [0.29, 0.717) is 22.8 Å². The van der Waals surface area contributed by atoms with Gasteiger partial charge in [-0.25, -0.2) is 4.79 Å². The van der Waals surface area contributed by atoms with Gasteiger partial charge in [-0.3, -0.25) is 0 Å². The van der Waals surface area contributed by atoms with Crippen LogP contribution >= 0.6 is 11.8 Å². The third-order valence-corrected chi connectivity index (χ3v) is 6.98. The summed E-state index contributed by atoms with van der Waals surface area (Å²) < 4.78 is 49.7. The first-order valence-corrected chi connectivity index (χ1v) is 11.8. The van der Waals surface area contributed by atoms with E-state index in [1.165, 1.54) is 12.1 Å². The Morgan fingerprint density at radius 2 is 1.71 bits per heavy atom. The summed E-state index contributed by atoms with van der Waals surface area (Å²) in [5.41, 5.74) is 3.21. The van der Waals surface area contributed by atoms with Crippen molar-refractivity contribution in [3.8, 4) is 11.5 Å². The van der Waals surface area contributed by atoms with Crippen LogP contribution in [0.2, 0.25) is 0 Å². The molecule has 0 saturated heterocycles. The molecule has 1 aliphatic carbocycles. The summed E-state index contributed by atoms with van der Waals surface area (Å²) in [6, 6.07) is 18.4. The van der Waals surface area contributed by atoms with E-state index in [0.717, 1.165) is 41.7 Å². The Morgan fingerprint density at radius 3 is 2.44 bits per heavy atom. The summed E-state index contributed by atoms with van der Waals surface area (Å²) in [4.78, 5) is 10.8. The number of hydrogen-bond acceptors (Lipinski definition) is 4. The van der Waals surface area contributed by atoms with Crippen molar-refractivity contribution in [1.29, 1.82) is 0 Å². The molecule has 1 atom stereocenters. The fourth-order valence-corrected chi connectivity index (χ4v) is 5.24. The van der Waals surface area contributed by atoms with Gasteiger partial charge in [-0.15, -0.1) is 11.8 Å². The monoisotopic (exact) mass is 488 g/mol. The van der Waals surface area contributed by atoms with Crippen LogP contribution in [0.1, 0.15) is 39.5 Å². The van der Waals surface area contributed by atoms with Gasteiger partial charge in [0.25, 0.3) is 0 Å². The highest BCUT2D eigenvalue weighted by atomic mass is 32.2. The Bertz CT molecular complexity index is 1150. The molecule has 0 heterocycles. The van der Waals surface area contributed by atoms with Crippen LogP contribution in [-0.4, -0.2) is 17.7 Å². The van der Waals surface area contributed by atoms with Crippen molar-refractivity contribution in [3.05, 3.63) is 94.5 Å². The number of rotatable bonds is 9. The lowest BCUT2D eigenvalue weighted by Crippen LogP contribution is -2.10. The van der Waals surface area contributed by atoms with E-state index >= 15 is 0 Å². The van der Waals surface area contributed by atoms with E-state index in [2.05, 4.69) is 6.07 Å².